The fourth-order valence-electron chi connectivity index (χ4n) is 1.34. The van der Waals surface area contributed by atoms with Crippen LogP contribution in [0.3, 0.4) is 0 Å². The summed E-state index contributed by atoms with van der Waals surface area (Å²) in [6, 6.07) is 5.99. The summed E-state index contributed by atoms with van der Waals surface area (Å²) in [6.07, 6.45) is 2.53. The average molecular weight is 252 g/mol. The summed E-state index contributed by atoms with van der Waals surface area (Å²) in [7, 11) is 0. The van der Waals surface area contributed by atoms with Crippen molar-refractivity contribution in [1.82, 2.24) is 4.98 Å². The number of nitrogens with zero attached hydrogens (tertiary/aromatic N) is 1. The fraction of sp³-hybridized carbons (Fsp3) is 0.250. The van der Waals surface area contributed by atoms with Crippen molar-refractivity contribution in [2.24, 2.45) is 5.73 Å². The zero-order valence-corrected chi connectivity index (χ0v) is 10.0. The Kier molecular flexibility index (Phi) is 4.06. The predicted octanol–water partition coefficient (Wildman–Crippen LogP) is 2.36. The van der Waals surface area contributed by atoms with Crippen LogP contribution in [0.1, 0.15) is 9.88 Å². The summed E-state index contributed by atoms with van der Waals surface area (Å²) in [6.45, 7) is 1.06. The Morgan fingerprint density at radius 2 is 2.06 bits per heavy atom. The number of nitrogens with two attached hydrogens (primary N) is 1. The molecule has 1 aromatic heterocycles. The molecule has 3 nitrogen and oxygen atoms in total. The highest BCUT2D eigenvalue weighted by molar-refractivity contribution is 7.11. The maximum Gasteiger partial charge on any atom is 0.123 e. The molecule has 2 rings (SSSR count). The Morgan fingerprint density at radius 1 is 1.29 bits per heavy atom. The van der Waals surface area contributed by atoms with E-state index in [4.69, 9.17) is 10.5 Å². The zero-order chi connectivity index (χ0) is 12.1. The van der Waals surface area contributed by atoms with E-state index in [1.807, 2.05) is 0 Å². The number of ether oxygens (including phenoxy) is 1. The molecule has 5 heteroatoms. The van der Waals surface area contributed by atoms with Crippen molar-refractivity contribution in [3.8, 4) is 5.75 Å². The van der Waals surface area contributed by atoms with E-state index in [2.05, 4.69) is 4.98 Å². The van der Waals surface area contributed by atoms with Gasteiger partial charge in [-0.3, -0.25) is 0 Å². The first-order chi connectivity index (χ1) is 8.28. The number of hydrogen-bond donors (Lipinski definition) is 1. The van der Waals surface area contributed by atoms with Gasteiger partial charge in [-0.1, -0.05) is 0 Å². The number of rotatable bonds is 5. The minimum absolute atomic E-state index is 0.259. The van der Waals surface area contributed by atoms with Crippen molar-refractivity contribution in [3.05, 3.63) is 46.2 Å². The number of thiazole rings is 1. The van der Waals surface area contributed by atoms with Gasteiger partial charge in [0.2, 0.25) is 0 Å². The highest BCUT2D eigenvalue weighted by Gasteiger charge is 2.01. The average Bonchev–Trinajstić information content (AvgIpc) is 2.80. The minimum Gasteiger partial charge on any atom is -0.493 e. The maximum atomic E-state index is 12.6. The minimum atomic E-state index is -0.259. The van der Waals surface area contributed by atoms with Gasteiger partial charge in [-0.05, 0) is 24.3 Å². The van der Waals surface area contributed by atoms with Crippen LogP contribution in [0.25, 0.3) is 0 Å². The second-order valence-electron chi connectivity index (χ2n) is 3.48. The third-order valence-electron chi connectivity index (χ3n) is 2.20. The summed E-state index contributed by atoms with van der Waals surface area (Å²) in [5.74, 6) is 0.409. The summed E-state index contributed by atoms with van der Waals surface area (Å²) in [5, 5.41) is 1.01. The molecule has 0 radical (unpaired) electrons. The molecule has 0 saturated heterocycles. The third kappa shape index (κ3) is 3.51. The molecular formula is C12H13FN2OS. The van der Waals surface area contributed by atoms with Gasteiger partial charge in [0.15, 0.2) is 0 Å². The van der Waals surface area contributed by atoms with Crippen molar-refractivity contribution in [2.75, 3.05) is 6.61 Å². The first kappa shape index (κ1) is 12.0. The molecular weight excluding hydrogens is 239 g/mol. The van der Waals surface area contributed by atoms with E-state index < -0.39 is 0 Å². The molecule has 90 valence electrons. The molecule has 17 heavy (non-hydrogen) atoms. The summed E-state index contributed by atoms with van der Waals surface area (Å²) >= 11 is 1.59. The van der Waals surface area contributed by atoms with Crippen molar-refractivity contribution in [1.29, 1.82) is 0 Å². The lowest BCUT2D eigenvalue weighted by Gasteiger charge is -2.04. The first-order valence-electron chi connectivity index (χ1n) is 5.30. The SMILES string of the molecule is NCc1cnc(CCOc2ccc(F)cc2)s1. The molecule has 0 aliphatic heterocycles. The molecule has 1 aromatic carbocycles. The second kappa shape index (κ2) is 5.75. The molecule has 2 N–H and O–H groups in total. The van der Waals surface area contributed by atoms with Gasteiger partial charge < -0.3 is 10.5 Å². The molecule has 0 unspecified atom stereocenters. The van der Waals surface area contributed by atoms with E-state index in [-0.39, 0.29) is 5.82 Å². The first-order valence-corrected chi connectivity index (χ1v) is 6.11. The molecule has 0 spiro atoms. The van der Waals surface area contributed by atoms with Crippen molar-refractivity contribution in [2.45, 2.75) is 13.0 Å². The molecule has 0 fully saturated rings. The zero-order valence-electron chi connectivity index (χ0n) is 9.23. The van der Waals surface area contributed by atoms with Gasteiger partial charge >= 0.3 is 0 Å². The lowest BCUT2D eigenvalue weighted by molar-refractivity contribution is 0.321. The largest absolute Gasteiger partial charge is 0.493 e. The van der Waals surface area contributed by atoms with Crippen LogP contribution in [0.4, 0.5) is 4.39 Å². The maximum absolute atomic E-state index is 12.6. The predicted molar refractivity (Wildman–Crippen MR) is 65.6 cm³/mol. The van der Waals surface area contributed by atoms with E-state index in [1.54, 1.807) is 29.7 Å². The standard InChI is InChI=1S/C12H13FN2OS/c13-9-1-3-10(4-2-9)16-6-5-12-15-8-11(7-14)17-12/h1-4,8H,5-7,14H2. The number of hydrogen-bond acceptors (Lipinski definition) is 4. The molecule has 0 aliphatic carbocycles. The number of benzene rings is 1. The fourth-order valence-corrected chi connectivity index (χ4v) is 2.13. The molecule has 0 bridgehead atoms. The Bertz CT molecular complexity index is 470. The van der Waals surface area contributed by atoms with Crippen LogP contribution in [0.5, 0.6) is 5.75 Å². The van der Waals surface area contributed by atoms with Gasteiger partial charge in [0.25, 0.3) is 0 Å². The van der Waals surface area contributed by atoms with E-state index in [9.17, 15) is 4.39 Å². The Morgan fingerprint density at radius 3 is 2.71 bits per heavy atom. The van der Waals surface area contributed by atoms with E-state index in [0.29, 0.717) is 18.9 Å². The van der Waals surface area contributed by atoms with Gasteiger partial charge in [0.1, 0.15) is 11.6 Å². The van der Waals surface area contributed by atoms with Crippen LogP contribution < -0.4 is 10.5 Å². The van der Waals surface area contributed by atoms with E-state index in [1.165, 1.54) is 12.1 Å². The smallest absolute Gasteiger partial charge is 0.123 e. The Labute approximate surface area is 103 Å². The summed E-state index contributed by atoms with van der Waals surface area (Å²) in [5.41, 5.74) is 5.50. The van der Waals surface area contributed by atoms with Crippen LogP contribution in [0, 0.1) is 5.82 Å². The van der Waals surface area contributed by atoms with Gasteiger partial charge in [-0.25, -0.2) is 9.37 Å². The van der Waals surface area contributed by atoms with Crippen LogP contribution in [-0.4, -0.2) is 11.6 Å². The van der Waals surface area contributed by atoms with Gasteiger partial charge in [0, 0.05) is 24.0 Å². The van der Waals surface area contributed by atoms with Crippen molar-refractivity contribution < 1.29 is 9.13 Å². The molecule has 0 amide bonds. The molecule has 0 saturated carbocycles. The molecule has 0 atom stereocenters. The van der Waals surface area contributed by atoms with Gasteiger partial charge in [-0.2, -0.15) is 0 Å². The monoisotopic (exact) mass is 252 g/mol. The summed E-state index contributed by atoms with van der Waals surface area (Å²) in [4.78, 5) is 5.30. The van der Waals surface area contributed by atoms with Crippen LogP contribution in [0.15, 0.2) is 30.5 Å². The van der Waals surface area contributed by atoms with Gasteiger partial charge in [-0.15, -0.1) is 11.3 Å². The lowest BCUT2D eigenvalue weighted by atomic mass is 10.3. The number of aromatic nitrogens is 1. The van der Waals surface area contributed by atoms with Crippen LogP contribution >= 0.6 is 11.3 Å². The van der Waals surface area contributed by atoms with Crippen molar-refractivity contribution >= 4 is 11.3 Å². The van der Waals surface area contributed by atoms with Gasteiger partial charge in [0.05, 0.1) is 11.6 Å². The highest BCUT2D eigenvalue weighted by Crippen LogP contribution is 2.14. The summed E-state index contributed by atoms with van der Waals surface area (Å²) < 4.78 is 18.1. The molecule has 1 heterocycles. The topological polar surface area (TPSA) is 48.1 Å². The lowest BCUT2D eigenvalue weighted by Crippen LogP contribution is -2.00. The Hall–Kier alpha value is -1.46. The highest BCUT2D eigenvalue weighted by atomic mass is 32.1. The van der Waals surface area contributed by atoms with Crippen LogP contribution in [0.2, 0.25) is 0 Å². The quantitative estimate of drug-likeness (QED) is 0.888. The number of halogens is 1. The Balaban J connectivity index is 1.81. The van der Waals surface area contributed by atoms with Crippen molar-refractivity contribution in [3.63, 3.8) is 0 Å². The molecule has 0 aliphatic rings. The third-order valence-corrected chi connectivity index (χ3v) is 3.28. The normalized spacial score (nSPS) is 10.5. The van der Waals surface area contributed by atoms with E-state index in [0.717, 1.165) is 16.3 Å². The molecule has 2 aromatic rings. The second-order valence-corrected chi connectivity index (χ2v) is 4.68. The van der Waals surface area contributed by atoms with E-state index >= 15 is 0 Å². The van der Waals surface area contributed by atoms with Crippen LogP contribution in [-0.2, 0) is 13.0 Å².